The number of anilines is 1. The van der Waals surface area contributed by atoms with Crippen LogP contribution in [0.15, 0.2) is 36.7 Å². The molecule has 0 spiro atoms. The van der Waals surface area contributed by atoms with E-state index < -0.39 is 0 Å². The molecule has 0 atom stereocenters. The van der Waals surface area contributed by atoms with Crippen LogP contribution >= 0.6 is 0 Å². The summed E-state index contributed by atoms with van der Waals surface area (Å²) in [4.78, 5) is 0. The van der Waals surface area contributed by atoms with Crippen LogP contribution < -0.4 is 5.73 Å². The maximum absolute atomic E-state index is 8.58. The van der Waals surface area contributed by atoms with Crippen LogP contribution in [0.1, 0.15) is 0 Å². The number of hydrogen-bond donors (Lipinski definition) is 2. The molecule has 0 saturated carbocycles. The molecule has 0 saturated heterocycles. The summed E-state index contributed by atoms with van der Waals surface area (Å²) in [5.74, 6) is 0. The summed E-state index contributed by atoms with van der Waals surface area (Å²) < 4.78 is 7.01. The maximum Gasteiger partial charge on any atom is 0.0698 e. The van der Waals surface area contributed by atoms with Crippen LogP contribution in [0.3, 0.4) is 0 Å². The fraction of sp³-hybridized carbons (Fsp3) is 0.308. The number of aliphatic hydroxyl groups is 1. The molecule has 96 valence electrons. The second-order valence-electron chi connectivity index (χ2n) is 3.95. The van der Waals surface area contributed by atoms with E-state index in [9.17, 15) is 0 Å². The van der Waals surface area contributed by atoms with E-state index >= 15 is 0 Å². The van der Waals surface area contributed by atoms with Gasteiger partial charge < -0.3 is 15.6 Å². The molecule has 0 bridgehead atoms. The van der Waals surface area contributed by atoms with Gasteiger partial charge in [0, 0.05) is 17.4 Å². The fourth-order valence-corrected chi connectivity index (χ4v) is 1.64. The first-order chi connectivity index (χ1) is 8.79. The molecule has 18 heavy (non-hydrogen) atoms. The lowest BCUT2D eigenvalue weighted by atomic mass is 10.1. The lowest BCUT2D eigenvalue weighted by Gasteiger charge is -2.02. The van der Waals surface area contributed by atoms with Crippen molar-refractivity contribution in [2.75, 3.05) is 25.6 Å². The highest BCUT2D eigenvalue weighted by molar-refractivity contribution is 5.63. The standard InChI is InChI=1S/C13H17N3O2/c14-13-3-1-11(2-4-13)12-9-15-16(10-12)5-7-18-8-6-17/h1-4,9-10,17H,5-8,14H2. The van der Waals surface area contributed by atoms with Crippen molar-refractivity contribution < 1.29 is 9.84 Å². The number of hydrogen-bond acceptors (Lipinski definition) is 4. The summed E-state index contributed by atoms with van der Waals surface area (Å²) in [7, 11) is 0. The number of benzene rings is 1. The zero-order chi connectivity index (χ0) is 12.8. The predicted octanol–water partition coefficient (Wildman–Crippen LogP) is 1.14. The Morgan fingerprint density at radius 2 is 1.94 bits per heavy atom. The third-order valence-electron chi connectivity index (χ3n) is 2.58. The second kappa shape index (κ2) is 6.18. The van der Waals surface area contributed by atoms with Crippen molar-refractivity contribution in [3.63, 3.8) is 0 Å². The average Bonchev–Trinajstić information content (AvgIpc) is 2.84. The molecular formula is C13H17N3O2. The molecule has 1 aromatic carbocycles. The lowest BCUT2D eigenvalue weighted by molar-refractivity contribution is 0.0854. The number of nitrogens with two attached hydrogens (primary N) is 1. The van der Waals surface area contributed by atoms with Crippen molar-refractivity contribution in [2.24, 2.45) is 0 Å². The molecular weight excluding hydrogens is 230 g/mol. The van der Waals surface area contributed by atoms with Crippen molar-refractivity contribution in [2.45, 2.75) is 6.54 Å². The van der Waals surface area contributed by atoms with Crippen LogP contribution in [-0.2, 0) is 11.3 Å². The number of nitrogen functional groups attached to an aromatic ring is 1. The lowest BCUT2D eigenvalue weighted by Crippen LogP contribution is -2.08. The molecule has 5 heteroatoms. The van der Waals surface area contributed by atoms with Gasteiger partial charge in [-0.05, 0) is 17.7 Å². The molecule has 0 radical (unpaired) electrons. The molecule has 2 aromatic rings. The fourth-order valence-electron chi connectivity index (χ4n) is 1.64. The third kappa shape index (κ3) is 3.32. The van der Waals surface area contributed by atoms with Gasteiger partial charge in [-0.1, -0.05) is 12.1 Å². The van der Waals surface area contributed by atoms with Gasteiger partial charge >= 0.3 is 0 Å². The molecule has 3 N–H and O–H groups in total. The van der Waals surface area contributed by atoms with E-state index in [0.29, 0.717) is 19.8 Å². The van der Waals surface area contributed by atoms with Gasteiger partial charge in [0.25, 0.3) is 0 Å². The maximum atomic E-state index is 8.58. The minimum atomic E-state index is 0.0514. The Bertz CT molecular complexity index is 479. The van der Waals surface area contributed by atoms with Gasteiger partial charge in [0.15, 0.2) is 0 Å². The Labute approximate surface area is 106 Å². The summed E-state index contributed by atoms with van der Waals surface area (Å²) in [5.41, 5.74) is 8.54. The number of ether oxygens (including phenoxy) is 1. The van der Waals surface area contributed by atoms with E-state index in [-0.39, 0.29) is 6.61 Å². The van der Waals surface area contributed by atoms with Gasteiger partial charge in [-0.15, -0.1) is 0 Å². The first-order valence-corrected chi connectivity index (χ1v) is 5.86. The van der Waals surface area contributed by atoms with Crippen LogP contribution in [0.25, 0.3) is 11.1 Å². The molecule has 0 unspecified atom stereocenters. The monoisotopic (exact) mass is 247 g/mol. The molecule has 1 heterocycles. The molecule has 0 fully saturated rings. The van der Waals surface area contributed by atoms with Crippen molar-refractivity contribution in [1.82, 2.24) is 9.78 Å². The highest BCUT2D eigenvalue weighted by Crippen LogP contribution is 2.19. The summed E-state index contributed by atoms with van der Waals surface area (Å²) in [6.45, 7) is 1.64. The van der Waals surface area contributed by atoms with Gasteiger partial charge in [-0.3, -0.25) is 4.68 Å². The van der Waals surface area contributed by atoms with E-state index in [1.165, 1.54) is 0 Å². The molecule has 0 amide bonds. The quantitative estimate of drug-likeness (QED) is 0.593. The number of aromatic nitrogens is 2. The van der Waals surface area contributed by atoms with Gasteiger partial charge in [0.05, 0.1) is 32.6 Å². The molecule has 1 aromatic heterocycles. The van der Waals surface area contributed by atoms with Crippen LogP contribution in [-0.4, -0.2) is 34.7 Å². The number of nitrogens with zero attached hydrogens (tertiary/aromatic N) is 2. The summed E-state index contributed by atoms with van der Waals surface area (Å²) >= 11 is 0. The van der Waals surface area contributed by atoms with Crippen LogP contribution in [0.2, 0.25) is 0 Å². The zero-order valence-corrected chi connectivity index (χ0v) is 10.1. The summed E-state index contributed by atoms with van der Waals surface area (Å²) in [6.07, 6.45) is 3.78. The molecule has 0 aliphatic heterocycles. The van der Waals surface area contributed by atoms with Crippen molar-refractivity contribution in [3.8, 4) is 11.1 Å². The van der Waals surface area contributed by atoms with Gasteiger partial charge in [-0.2, -0.15) is 5.10 Å². The Morgan fingerprint density at radius 1 is 1.17 bits per heavy atom. The van der Waals surface area contributed by atoms with E-state index in [0.717, 1.165) is 16.8 Å². The SMILES string of the molecule is Nc1ccc(-c2cnn(CCOCCO)c2)cc1. The minimum Gasteiger partial charge on any atom is -0.399 e. The minimum absolute atomic E-state index is 0.0514. The predicted molar refractivity (Wildman–Crippen MR) is 70.0 cm³/mol. The summed E-state index contributed by atoms with van der Waals surface area (Å²) in [6, 6.07) is 7.69. The summed E-state index contributed by atoms with van der Waals surface area (Å²) in [5, 5.41) is 12.8. The molecule has 0 aliphatic rings. The van der Waals surface area contributed by atoms with Crippen molar-refractivity contribution in [1.29, 1.82) is 0 Å². The van der Waals surface area contributed by atoms with Gasteiger partial charge in [-0.25, -0.2) is 0 Å². The first-order valence-electron chi connectivity index (χ1n) is 5.86. The number of rotatable bonds is 6. The normalized spacial score (nSPS) is 10.7. The molecule has 2 rings (SSSR count). The number of aliphatic hydroxyl groups excluding tert-OH is 1. The smallest absolute Gasteiger partial charge is 0.0698 e. The van der Waals surface area contributed by atoms with Crippen LogP contribution in [0, 0.1) is 0 Å². The zero-order valence-electron chi connectivity index (χ0n) is 10.1. The second-order valence-corrected chi connectivity index (χ2v) is 3.95. The highest BCUT2D eigenvalue weighted by atomic mass is 16.5. The average molecular weight is 247 g/mol. The van der Waals surface area contributed by atoms with E-state index in [4.69, 9.17) is 15.6 Å². The molecule has 5 nitrogen and oxygen atoms in total. The van der Waals surface area contributed by atoms with Crippen LogP contribution in [0.4, 0.5) is 5.69 Å². The third-order valence-corrected chi connectivity index (χ3v) is 2.58. The Kier molecular flexibility index (Phi) is 4.33. The van der Waals surface area contributed by atoms with Crippen molar-refractivity contribution in [3.05, 3.63) is 36.7 Å². The molecule has 0 aliphatic carbocycles. The van der Waals surface area contributed by atoms with E-state index in [1.54, 1.807) is 0 Å². The Hall–Kier alpha value is -1.85. The Balaban J connectivity index is 1.95. The largest absolute Gasteiger partial charge is 0.399 e. The van der Waals surface area contributed by atoms with Crippen molar-refractivity contribution >= 4 is 5.69 Å². The van der Waals surface area contributed by atoms with E-state index in [2.05, 4.69) is 5.10 Å². The van der Waals surface area contributed by atoms with E-state index in [1.807, 2.05) is 41.3 Å². The first kappa shape index (κ1) is 12.6. The Morgan fingerprint density at radius 3 is 2.67 bits per heavy atom. The van der Waals surface area contributed by atoms with Gasteiger partial charge in [0.1, 0.15) is 0 Å². The van der Waals surface area contributed by atoms with Gasteiger partial charge in [0.2, 0.25) is 0 Å². The topological polar surface area (TPSA) is 73.3 Å². The highest BCUT2D eigenvalue weighted by Gasteiger charge is 2.01. The van der Waals surface area contributed by atoms with Crippen LogP contribution in [0.5, 0.6) is 0 Å².